The van der Waals surface area contributed by atoms with Crippen LogP contribution in [0.2, 0.25) is 0 Å². The van der Waals surface area contributed by atoms with Crippen LogP contribution in [0.4, 0.5) is 17.1 Å². The molecule has 0 N–H and O–H groups in total. The van der Waals surface area contributed by atoms with Crippen LogP contribution >= 0.6 is 0 Å². The predicted octanol–water partition coefficient (Wildman–Crippen LogP) is 12.5. The first kappa shape index (κ1) is 28.7. The van der Waals surface area contributed by atoms with Crippen molar-refractivity contribution < 1.29 is 4.42 Å². The second-order valence-corrected chi connectivity index (χ2v) is 13.2. The zero-order valence-corrected chi connectivity index (χ0v) is 27.9. The molecule has 0 spiro atoms. The molecule has 52 heavy (non-hydrogen) atoms. The first-order chi connectivity index (χ1) is 25.8. The zero-order chi connectivity index (χ0) is 34.2. The summed E-state index contributed by atoms with van der Waals surface area (Å²) in [5, 5.41) is 6.68. The minimum atomic E-state index is 0.599. The second kappa shape index (κ2) is 11.2. The number of fused-ring (bicyclic) bond motifs is 6. The number of hydrogen-bond donors (Lipinski definition) is 0. The van der Waals surface area contributed by atoms with E-state index < -0.39 is 0 Å². The van der Waals surface area contributed by atoms with Gasteiger partial charge in [-0.2, -0.15) is 0 Å². The van der Waals surface area contributed by atoms with Gasteiger partial charge in [-0.3, -0.25) is 0 Å². The van der Waals surface area contributed by atoms with Gasteiger partial charge in [-0.15, -0.1) is 0 Å². The summed E-state index contributed by atoms with van der Waals surface area (Å²) in [6.45, 7) is 0. The molecule has 0 unspecified atom stereocenters. The van der Waals surface area contributed by atoms with Crippen molar-refractivity contribution in [1.82, 2.24) is 15.0 Å². The van der Waals surface area contributed by atoms with E-state index in [1.807, 2.05) is 60.7 Å². The fourth-order valence-corrected chi connectivity index (χ4v) is 7.98. The number of furan rings is 1. The third-order valence-corrected chi connectivity index (χ3v) is 10.3. The molecule has 0 saturated carbocycles. The van der Waals surface area contributed by atoms with Crippen LogP contribution in [0.1, 0.15) is 0 Å². The Balaban J connectivity index is 1.16. The second-order valence-electron chi connectivity index (χ2n) is 13.2. The Hall–Kier alpha value is -7.11. The average molecular weight is 665 g/mol. The topological polar surface area (TPSA) is 55.1 Å². The summed E-state index contributed by atoms with van der Waals surface area (Å²) >= 11 is 0. The van der Waals surface area contributed by atoms with Crippen molar-refractivity contribution in [3.05, 3.63) is 170 Å². The minimum absolute atomic E-state index is 0.599. The molecular formula is C47H28N4O. The van der Waals surface area contributed by atoms with Gasteiger partial charge in [-0.1, -0.05) is 133 Å². The minimum Gasteiger partial charge on any atom is -0.456 e. The maximum Gasteiger partial charge on any atom is 0.164 e. The average Bonchev–Trinajstić information content (AvgIpc) is 3.60. The Labute approximate surface area is 299 Å². The van der Waals surface area contributed by atoms with Crippen molar-refractivity contribution in [2.75, 3.05) is 4.90 Å². The molecule has 0 bridgehead atoms. The van der Waals surface area contributed by atoms with Gasteiger partial charge in [0.15, 0.2) is 17.5 Å². The fraction of sp³-hybridized carbons (Fsp3) is 0. The highest BCUT2D eigenvalue weighted by molar-refractivity contribution is 6.17. The summed E-state index contributed by atoms with van der Waals surface area (Å²) in [4.78, 5) is 17.9. The predicted molar refractivity (Wildman–Crippen MR) is 212 cm³/mol. The first-order valence-corrected chi connectivity index (χ1v) is 17.5. The molecular weight excluding hydrogens is 637 g/mol. The molecule has 0 atom stereocenters. The maximum absolute atomic E-state index is 6.26. The van der Waals surface area contributed by atoms with E-state index in [-0.39, 0.29) is 0 Å². The van der Waals surface area contributed by atoms with Crippen molar-refractivity contribution in [3.8, 4) is 45.3 Å². The van der Waals surface area contributed by atoms with Crippen LogP contribution in [0.25, 0.3) is 88.8 Å². The Bertz CT molecular complexity index is 3030. The lowest BCUT2D eigenvalue weighted by molar-refractivity contribution is 0.669. The van der Waals surface area contributed by atoms with E-state index in [1.165, 1.54) is 27.6 Å². The van der Waals surface area contributed by atoms with Gasteiger partial charge in [-0.05, 0) is 52.7 Å². The molecule has 0 aliphatic carbocycles. The van der Waals surface area contributed by atoms with E-state index >= 15 is 0 Å². The molecule has 0 fully saturated rings. The van der Waals surface area contributed by atoms with Crippen LogP contribution in [0, 0.1) is 0 Å². The molecule has 10 aromatic rings. The highest BCUT2D eigenvalue weighted by Gasteiger charge is 2.27. The summed E-state index contributed by atoms with van der Waals surface area (Å²) in [7, 11) is 0. The molecule has 5 heteroatoms. The molecule has 5 nitrogen and oxygen atoms in total. The molecule has 11 rings (SSSR count). The van der Waals surface area contributed by atoms with Gasteiger partial charge in [0.2, 0.25) is 0 Å². The van der Waals surface area contributed by atoms with Gasteiger partial charge >= 0.3 is 0 Å². The lowest BCUT2D eigenvalue weighted by atomic mass is 9.90. The van der Waals surface area contributed by atoms with Gasteiger partial charge < -0.3 is 9.32 Å². The molecule has 0 radical (unpaired) electrons. The van der Waals surface area contributed by atoms with E-state index in [2.05, 4.69) is 114 Å². The highest BCUT2D eigenvalue weighted by Crippen LogP contribution is 2.52. The van der Waals surface area contributed by atoms with Crippen LogP contribution in [0.3, 0.4) is 0 Å². The largest absolute Gasteiger partial charge is 0.456 e. The standard InChI is InChI=1S/C47H28N4O/c1-2-13-30(14-3-1)45-48-46(50-47(49-45)37-22-12-26-42-44(37)36-20-7-9-25-41(36)52-42)35-27-28-39(32-18-5-4-17-31(32)35)51-38-23-8-6-19-33(38)34-21-10-15-29-16-11-24-40(51)43(29)34/h1-28H. The van der Waals surface area contributed by atoms with Crippen molar-refractivity contribution >= 4 is 60.5 Å². The fourth-order valence-electron chi connectivity index (χ4n) is 7.98. The highest BCUT2D eigenvalue weighted by atomic mass is 16.3. The number of aromatic nitrogens is 3. The van der Waals surface area contributed by atoms with Gasteiger partial charge in [-0.25, -0.2) is 15.0 Å². The third-order valence-electron chi connectivity index (χ3n) is 10.3. The van der Waals surface area contributed by atoms with E-state index in [1.54, 1.807) is 0 Å². The molecule has 2 aromatic heterocycles. The van der Waals surface area contributed by atoms with E-state index in [0.717, 1.165) is 60.8 Å². The normalized spacial score (nSPS) is 12.2. The van der Waals surface area contributed by atoms with Crippen LogP contribution in [0.15, 0.2) is 174 Å². The summed E-state index contributed by atoms with van der Waals surface area (Å²) in [6, 6.07) is 59.2. The summed E-state index contributed by atoms with van der Waals surface area (Å²) in [6.07, 6.45) is 0. The van der Waals surface area contributed by atoms with Crippen LogP contribution < -0.4 is 4.90 Å². The van der Waals surface area contributed by atoms with E-state index in [0.29, 0.717) is 17.5 Å². The Morgan fingerprint density at radius 3 is 1.85 bits per heavy atom. The Kier molecular flexibility index (Phi) is 6.18. The smallest absolute Gasteiger partial charge is 0.164 e. The summed E-state index contributed by atoms with van der Waals surface area (Å²) < 4.78 is 6.26. The van der Waals surface area contributed by atoms with Gasteiger partial charge in [0.1, 0.15) is 11.2 Å². The summed E-state index contributed by atoms with van der Waals surface area (Å²) in [5.74, 6) is 1.83. The lowest BCUT2D eigenvalue weighted by Gasteiger charge is -2.34. The zero-order valence-electron chi connectivity index (χ0n) is 27.9. The van der Waals surface area contributed by atoms with Gasteiger partial charge in [0, 0.05) is 43.8 Å². The third kappa shape index (κ3) is 4.26. The quantitative estimate of drug-likeness (QED) is 0.187. The Morgan fingerprint density at radius 1 is 0.346 bits per heavy atom. The molecule has 8 aromatic carbocycles. The number of rotatable bonds is 4. The van der Waals surface area contributed by atoms with Gasteiger partial charge in [0.25, 0.3) is 0 Å². The Morgan fingerprint density at radius 2 is 0.962 bits per heavy atom. The SMILES string of the molecule is c1ccc(-c2nc(-c3ccc(N4c5ccccc5-c5cccc6cccc4c56)c4ccccc34)nc(-c3cccc4oc5ccccc5c34)n2)cc1. The number of benzene rings is 8. The number of hydrogen-bond acceptors (Lipinski definition) is 5. The lowest BCUT2D eigenvalue weighted by Crippen LogP contribution is -2.15. The monoisotopic (exact) mass is 664 g/mol. The van der Waals surface area contributed by atoms with Crippen molar-refractivity contribution in [2.45, 2.75) is 0 Å². The van der Waals surface area contributed by atoms with Crippen LogP contribution in [-0.4, -0.2) is 15.0 Å². The van der Waals surface area contributed by atoms with Crippen LogP contribution in [0.5, 0.6) is 0 Å². The van der Waals surface area contributed by atoms with Gasteiger partial charge in [0.05, 0.1) is 17.1 Å². The van der Waals surface area contributed by atoms with E-state index in [4.69, 9.17) is 19.4 Å². The number of anilines is 3. The molecule has 3 heterocycles. The molecule has 0 amide bonds. The maximum atomic E-state index is 6.26. The van der Waals surface area contributed by atoms with Crippen molar-refractivity contribution in [2.24, 2.45) is 0 Å². The van der Waals surface area contributed by atoms with Crippen LogP contribution in [-0.2, 0) is 0 Å². The first-order valence-electron chi connectivity index (χ1n) is 17.5. The van der Waals surface area contributed by atoms with Crippen molar-refractivity contribution in [3.63, 3.8) is 0 Å². The molecule has 1 aliphatic rings. The molecule has 1 aliphatic heterocycles. The molecule has 0 saturated heterocycles. The van der Waals surface area contributed by atoms with E-state index in [9.17, 15) is 0 Å². The summed E-state index contributed by atoms with van der Waals surface area (Å²) in [5.41, 5.74) is 10.3. The number of para-hydroxylation sites is 2. The van der Waals surface area contributed by atoms with Crippen molar-refractivity contribution in [1.29, 1.82) is 0 Å². The number of nitrogens with zero attached hydrogens (tertiary/aromatic N) is 4. The molecule has 242 valence electrons.